The zero-order valence-electron chi connectivity index (χ0n) is 14.9. The molecule has 6 heteroatoms. The Balaban J connectivity index is 1.71. The van der Waals surface area contributed by atoms with Crippen molar-refractivity contribution in [3.05, 3.63) is 57.8 Å². The van der Waals surface area contributed by atoms with Gasteiger partial charge in [0.2, 0.25) is 0 Å². The second-order valence-corrected chi connectivity index (χ2v) is 7.28. The molecule has 2 heterocycles. The van der Waals surface area contributed by atoms with Crippen LogP contribution in [0.5, 0.6) is 0 Å². The highest BCUT2D eigenvalue weighted by Crippen LogP contribution is 2.18. The van der Waals surface area contributed by atoms with E-state index in [9.17, 15) is 9.59 Å². The fraction of sp³-hybridized carbons (Fsp3) is 0.300. The molecule has 1 fully saturated rings. The number of nitrogens with zero attached hydrogens (tertiary/aromatic N) is 1. The maximum Gasteiger partial charge on any atom is 0.254 e. The summed E-state index contributed by atoms with van der Waals surface area (Å²) in [5, 5.41) is 4.84. The minimum atomic E-state index is -0.178. The van der Waals surface area contributed by atoms with Gasteiger partial charge in [-0.15, -0.1) is 11.3 Å². The van der Waals surface area contributed by atoms with E-state index < -0.39 is 0 Å². The lowest BCUT2D eigenvalue weighted by Crippen LogP contribution is -2.47. The predicted octanol–water partition coefficient (Wildman–Crippen LogP) is 3.65. The van der Waals surface area contributed by atoms with Crippen molar-refractivity contribution in [1.29, 1.82) is 0 Å². The Bertz CT molecular complexity index is 814. The summed E-state index contributed by atoms with van der Waals surface area (Å²) in [4.78, 5) is 28.0. The van der Waals surface area contributed by atoms with Gasteiger partial charge < -0.3 is 15.0 Å². The normalized spacial score (nSPS) is 17.8. The fourth-order valence-electron chi connectivity index (χ4n) is 2.81. The van der Waals surface area contributed by atoms with Crippen LogP contribution >= 0.6 is 11.3 Å². The first-order chi connectivity index (χ1) is 12.5. The van der Waals surface area contributed by atoms with Crippen molar-refractivity contribution in [1.82, 2.24) is 4.90 Å². The number of carbonyl (C=O) groups excluding carboxylic acids is 2. The molecule has 0 spiro atoms. The van der Waals surface area contributed by atoms with Gasteiger partial charge in [-0.1, -0.05) is 12.1 Å². The quantitative estimate of drug-likeness (QED) is 0.836. The van der Waals surface area contributed by atoms with Gasteiger partial charge in [-0.2, -0.15) is 0 Å². The molecule has 26 heavy (non-hydrogen) atoms. The van der Waals surface area contributed by atoms with Crippen molar-refractivity contribution in [2.24, 2.45) is 0 Å². The molecule has 5 nitrogen and oxygen atoms in total. The molecule has 1 saturated heterocycles. The number of benzene rings is 1. The topological polar surface area (TPSA) is 58.6 Å². The number of hydrogen-bond acceptors (Lipinski definition) is 4. The Labute approximate surface area is 157 Å². The molecule has 1 aromatic carbocycles. The summed E-state index contributed by atoms with van der Waals surface area (Å²) >= 11 is 1.58. The van der Waals surface area contributed by atoms with Crippen LogP contribution in [0.3, 0.4) is 0 Å². The standard InChI is InChI=1S/C20H22N2O3S/c1-14(11-18-7-4-10-26-18)19(23)21-17-6-3-5-16(12-17)20(24)22-8-9-25-13-15(22)2/h3-7,10-12,15H,8-9,13H2,1-2H3,(H,21,23)/b14-11+. The fourth-order valence-corrected chi connectivity index (χ4v) is 3.52. The monoisotopic (exact) mass is 370 g/mol. The number of carbonyl (C=O) groups is 2. The summed E-state index contributed by atoms with van der Waals surface area (Å²) in [6, 6.07) is 11.0. The summed E-state index contributed by atoms with van der Waals surface area (Å²) in [5.41, 5.74) is 1.79. The van der Waals surface area contributed by atoms with E-state index >= 15 is 0 Å². The van der Waals surface area contributed by atoms with E-state index in [0.717, 1.165) is 4.88 Å². The van der Waals surface area contributed by atoms with E-state index in [-0.39, 0.29) is 17.9 Å². The molecule has 1 aliphatic heterocycles. The van der Waals surface area contributed by atoms with E-state index in [1.807, 2.05) is 35.4 Å². The number of morpholine rings is 1. The molecule has 0 radical (unpaired) electrons. The average Bonchev–Trinajstić information content (AvgIpc) is 3.15. The molecule has 0 saturated carbocycles. The Kier molecular flexibility index (Phi) is 5.85. The average molecular weight is 370 g/mol. The van der Waals surface area contributed by atoms with Gasteiger partial charge in [-0.3, -0.25) is 9.59 Å². The Morgan fingerprint density at radius 3 is 2.88 bits per heavy atom. The highest BCUT2D eigenvalue weighted by atomic mass is 32.1. The Morgan fingerprint density at radius 1 is 1.31 bits per heavy atom. The Morgan fingerprint density at radius 2 is 2.15 bits per heavy atom. The molecule has 1 atom stereocenters. The number of hydrogen-bond donors (Lipinski definition) is 1. The van der Waals surface area contributed by atoms with Crippen molar-refractivity contribution in [2.75, 3.05) is 25.1 Å². The first kappa shape index (κ1) is 18.4. The lowest BCUT2D eigenvalue weighted by atomic mass is 10.1. The second-order valence-electron chi connectivity index (χ2n) is 6.30. The van der Waals surface area contributed by atoms with Crippen LogP contribution in [-0.2, 0) is 9.53 Å². The number of amides is 2. The van der Waals surface area contributed by atoms with E-state index in [4.69, 9.17) is 4.74 Å². The van der Waals surface area contributed by atoms with Crippen molar-refractivity contribution >= 4 is 34.9 Å². The molecule has 1 aromatic heterocycles. The summed E-state index contributed by atoms with van der Waals surface area (Å²) in [7, 11) is 0. The lowest BCUT2D eigenvalue weighted by molar-refractivity contribution is -0.112. The SMILES string of the molecule is C/C(=C\c1cccs1)C(=O)Nc1cccc(C(=O)N2CCOCC2C)c1. The predicted molar refractivity (Wildman–Crippen MR) is 104 cm³/mol. The minimum Gasteiger partial charge on any atom is -0.377 e. The van der Waals surface area contributed by atoms with Crippen LogP contribution in [0.25, 0.3) is 6.08 Å². The maximum atomic E-state index is 12.7. The first-order valence-electron chi connectivity index (χ1n) is 8.56. The first-order valence-corrected chi connectivity index (χ1v) is 9.44. The number of anilines is 1. The van der Waals surface area contributed by atoms with Crippen LogP contribution in [0, 0.1) is 0 Å². The van der Waals surface area contributed by atoms with Crippen molar-refractivity contribution in [2.45, 2.75) is 19.9 Å². The van der Waals surface area contributed by atoms with Crippen LogP contribution in [0.2, 0.25) is 0 Å². The van der Waals surface area contributed by atoms with Crippen molar-refractivity contribution < 1.29 is 14.3 Å². The van der Waals surface area contributed by atoms with Crippen molar-refractivity contribution in [3.8, 4) is 0 Å². The van der Waals surface area contributed by atoms with Gasteiger partial charge in [-0.25, -0.2) is 0 Å². The van der Waals surface area contributed by atoms with Crippen molar-refractivity contribution in [3.63, 3.8) is 0 Å². The van der Waals surface area contributed by atoms with Gasteiger partial charge in [0.1, 0.15) is 0 Å². The third-order valence-corrected chi connectivity index (χ3v) is 5.08. The molecule has 2 amide bonds. The maximum absolute atomic E-state index is 12.7. The highest BCUT2D eigenvalue weighted by Gasteiger charge is 2.24. The number of nitrogens with one attached hydrogen (secondary N) is 1. The second kappa shape index (κ2) is 8.29. The van der Waals surface area contributed by atoms with Gasteiger partial charge in [0, 0.05) is 28.2 Å². The van der Waals surface area contributed by atoms with E-state index in [2.05, 4.69) is 5.32 Å². The molecule has 0 bridgehead atoms. The molecule has 2 aromatic rings. The molecule has 1 unspecified atom stereocenters. The lowest BCUT2D eigenvalue weighted by Gasteiger charge is -2.33. The number of rotatable bonds is 4. The molecular formula is C20H22N2O3S. The smallest absolute Gasteiger partial charge is 0.254 e. The number of thiophene rings is 1. The van der Waals surface area contributed by atoms with Crippen LogP contribution in [0.15, 0.2) is 47.4 Å². The zero-order chi connectivity index (χ0) is 18.5. The van der Waals surface area contributed by atoms with E-state index in [0.29, 0.717) is 36.6 Å². The third kappa shape index (κ3) is 4.39. The minimum absolute atomic E-state index is 0.0391. The Hall–Kier alpha value is -2.44. The molecule has 0 aliphatic carbocycles. The van der Waals surface area contributed by atoms with E-state index in [1.54, 1.807) is 42.5 Å². The summed E-state index contributed by atoms with van der Waals surface area (Å²) in [6.07, 6.45) is 1.85. The van der Waals surface area contributed by atoms with Gasteiger partial charge in [0.25, 0.3) is 11.8 Å². The number of ether oxygens (including phenoxy) is 1. The summed E-state index contributed by atoms with van der Waals surface area (Å²) < 4.78 is 5.39. The van der Waals surface area contributed by atoms with Gasteiger partial charge in [-0.05, 0) is 49.6 Å². The van der Waals surface area contributed by atoms with Gasteiger partial charge in [0.15, 0.2) is 0 Å². The van der Waals surface area contributed by atoms with Gasteiger partial charge >= 0.3 is 0 Å². The van der Waals surface area contributed by atoms with E-state index in [1.165, 1.54) is 0 Å². The molecule has 3 rings (SSSR count). The summed E-state index contributed by atoms with van der Waals surface area (Å²) in [6.45, 7) is 5.44. The van der Waals surface area contributed by atoms with Crippen LogP contribution < -0.4 is 5.32 Å². The molecule has 136 valence electrons. The molecule has 1 N–H and O–H groups in total. The largest absolute Gasteiger partial charge is 0.377 e. The summed E-state index contributed by atoms with van der Waals surface area (Å²) in [5.74, 6) is -0.217. The molecular weight excluding hydrogens is 348 g/mol. The zero-order valence-corrected chi connectivity index (χ0v) is 15.7. The highest BCUT2D eigenvalue weighted by molar-refractivity contribution is 7.10. The third-order valence-electron chi connectivity index (χ3n) is 4.26. The van der Waals surface area contributed by atoms with Crippen LogP contribution in [0.1, 0.15) is 29.1 Å². The van der Waals surface area contributed by atoms with Crippen LogP contribution in [-0.4, -0.2) is 42.5 Å². The van der Waals surface area contributed by atoms with Gasteiger partial charge in [0.05, 0.1) is 19.3 Å². The van der Waals surface area contributed by atoms with Crippen LogP contribution in [0.4, 0.5) is 5.69 Å². The molecule has 1 aliphatic rings.